The number of carbonyl (C=O) groups excluding carboxylic acids is 2. The lowest BCUT2D eigenvalue weighted by Gasteiger charge is -2.13. The molecule has 9 heteroatoms. The van der Waals surface area contributed by atoms with Gasteiger partial charge in [-0.3, -0.25) is 19.7 Å². The van der Waals surface area contributed by atoms with E-state index in [1.807, 2.05) is 0 Å². The molecule has 0 saturated carbocycles. The molecule has 0 heterocycles. The van der Waals surface area contributed by atoms with E-state index in [2.05, 4.69) is 10.6 Å². The molecule has 0 fully saturated rings. The van der Waals surface area contributed by atoms with Gasteiger partial charge in [0.05, 0.1) is 28.3 Å². The van der Waals surface area contributed by atoms with Crippen molar-refractivity contribution in [2.24, 2.45) is 0 Å². The molecule has 8 nitrogen and oxygen atoms in total. The van der Waals surface area contributed by atoms with Crippen molar-refractivity contribution in [3.63, 3.8) is 0 Å². The number of nitro groups is 1. The number of hydrogen-bond donors (Lipinski definition) is 2. The fourth-order valence-corrected chi connectivity index (χ4v) is 3.19. The molecule has 0 aliphatic heterocycles. The molecule has 0 radical (unpaired) electrons. The van der Waals surface area contributed by atoms with Gasteiger partial charge in [-0.05, 0) is 37.3 Å². The van der Waals surface area contributed by atoms with Crippen LogP contribution < -0.4 is 15.4 Å². The van der Waals surface area contributed by atoms with Crippen LogP contribution in [-0.4, -0.2) is 23.8 Å². The zero-order valence-electron chi connectivity index (χ0n) is 16.6. The minimum atomic E-state index is -0.536. The van der Waals surface area contributed by atoms with E-state index in [-0.39, 0.29) is 16.8 Å². The summed E-state index contributed by atoms with van der Waals surface area (Å²) in [7, 11) is 1.43. The van der Waals surface area contributed by atoms with Crippen molar-refractivity contribution in [1.82, 2.24) is 0 Å². The minimum Gasteiger partial charge on any atom is -0.494 e. The molecule has 2 N–H and O–H groups in total. The Morgan fingerprint density at radius 3 is 2.32 bits per heavy atom. The Bertz CT molecular complexity index is 1180. The van der Waals surface area contributed by atoms with Gasteiger partial charge in [-0.1, -0.05) is 29.8 Å². The summed E-state index contributed by atoms with van der Waals surface area (Å²) in [6.07, 6.45) is 0. The van der Waals surface area contributed by atoms with Crippen LogP contribution in [0, 0.1) is 17.0 Å². The number of hydrogen-bond acceptors (Lipinski definition) is 5. The Hall–Kier alpha value is -3.91. The van der Waals surface area contributed by atoms with Crippen molar-refractivity contribution in [2.45, 2.75) is 6.92 Å². The largest absolute Gasteiger partial charge is 0.494 e. The molecule has 3 rings (SSSR count). The summed E-state index contributed by atoms with van der Waals surface area (Å²) in [6, 6.07) is 15.6. The van der Waals surface area contributed by atoms with Gasteiger partial charge < -0.3 is 15.4 Å². The van der Waals surface area contributed by atoms with Crippen LogP contribution in [0.25, 0.3) is 0 Å². The van der Waals surface area contributed by atoms with Crippen LogP contribution >= 0.6 is 11.6 Å². The predicted molar refractivity (Wildman–Crippen MR) is 118 cm³/mol. The number of ether oxygens (including phenoxy) is 1. The van der Waals surface area contributed by atoms with Crippen molar-refractivity contribution in [2.75, 3.05) is 17.7 Å². The van der Waals surface area contributed by atoms with Crippen LogP contribution in [0.3, 0.4) is 0 Å². The number of nitrogens with one attached hydrogen (secondary N) is 2. The smallest absolute Gasteiger partial charge is 0.273 e. The summed E-state index contributed by atoms with van der Waals surface area (Å²) < 4.78 is 5.33. The molecule has 3 aromatic rings. The maximum Gasteiger partial charge on any atom is 0.273 e. The SMILES string of the molecule is COc1cc(NC(=O)c2cccc([N+](=O)[O-])c2C)ccc1NC(=O)c1ccccc1Cl. The topological polar surface area (TPSA) is 111 Å². The molecule has 2 amide bonds. The van der Waals surface area contributed by atoms with Gasteiger partial charge in [-0.15, -0.1) is 0 Å². The van der Waals surface area contributed by atoms with Gasteiger partial charge in [0.25, 0.3) is 17.5 Å². The molecular formula is C22H18ClN3O5. The van der Waals surface area contributed by atoms with Gasteiger partial charge in [-0.25, -0.2) is 0 Å². The number of nitro benzene ring substituents is 1. The average molecular weight is 440 g/mol. The first kappa shape index (κ1) is 21.8. The van der Waals surface area contributed by atoms with Gasteiger partial charge >= 0.3 is 0 Å². The molecule has 3 aromatic carbocycles. The van der Waals surface area contributed by atoms with Crippen molar-refractivity contribution in [3.05, 3.63) is 92.5 Å². The fourth-order valence-electron chi connectivity index (χ4n) is 2.97. The Morgan fingerprint density at radius 1 is 0.968 bits per heavy atom. The average Bonchev–Trinajstić information content (AvgIpc) is 2.74. The van der Waals surface area contributed by atoms with Gasteiger partial charge in [0.2, 0.25) is 0 Å². The van der Waals surface area contributed by atoms with E-state index >= 15 is 0 Å². The highest BCUT2D eigenvalue weighted by Crippen LogP contribution is 2.30. The quantitative estimate of drug-likeness (QED) is 0.411. The number of rotatable bonds is 6. The minimum absolute atomic E-state index is 0.136. The van der Waals surface area contributed by atoms with Crippen LogP contribution in [0.15, 0.2) is 60.7 Å². The van der Waals surface area contributed by atoms with Crippen LogP contribution in [-0.2, 0) is 0 Å². The summed E-state index contributed by atoms with van der Waals surface area (Å²) in [5.74, 6) is -0.599. The number of amides is 2. The third-order valence-corrected chi connectivity index (χ3v) is 4.90. The second-order valence-electron chi connectivity index (χ2n) is 6.51. The molecular weight excluding hydrogens is 422 g/mol. The molecule has 0 aromatic heterocycles. The van der Waals surface area contributed by atoms with E-state index in [1.54, 1.807) is 36.4 Å². The summed E-state index contributed by atoms with van der Waals surface area (Å²) in [4.78, 5) is 35.7. The second-order valence-corrected chi connectivity index (χ2v) is 6.92. The van der Waals surface area contributed by atoms with E-state index < -0.39 is 16.7 Å². The molecule has 0 spiro atoms. The Morgan fingerprint density at radius 2 is 1.65 bits per heavy atom. The zero-order valence-corrected chi connectivity index (χ0v) is 17.4. The summed E-state index contributed by atoms with van der Waals surface area (Å²) in [5, 5.41) is 16.8. The van der Waals surface area contributed by atoms with Crippen molar-refractivity contribution in [1.29, 1.82) is 0 Å². The van der Waals surface area contributed by atoms with Gasteiger partial charge in [-0.2, -0.15) is 0 Å². The highest BCUT2D eigenvalue weighted by molar-refractivity contribution is 6.34. The van der Waals surface area contributed by atoms with Gasteiger partial charge in [0.1, 0.15) is 5.75 Å². The summed E-state index contributed by atoms with van der Waals surface area (Å²) in [6.45, 7) is 1.51. The van der Waals surface area contributed by atoms with Crippen molar-refractivity contribution in [3.8, 4) is 5.75 Å². The number of halogens is 1. The van der Waals surface area contributed by atoms with Crippen LogP contribution in [0.5, 0.6) is 5.75 Å². The molecule has 0 aliphatic carbocycles. The fraction of sp³-hybridized carbons (Fsp3) is 0.0909. The lowest BCUT2D eigenvalue weighted by atomic mass is 10.1. The third kappa shape index (κ3) is 4.81. The first-order chi connectivity index (χ1) is 14.8. The van der Waals surface area contributed by atoms with Gasteiger partial charge in [0, 0.05) is 28.9 Å². The molecule has 31 heavy (non-hydrogen) atoms. The van der Waals surface area contributed by atoms with Gasteiger partial charge in [0.15, 0.2) is 0 Å². The maximum atomic E-state index is 12.6. The summed E-state index contributed by atoms with van der Waals surface area (Å²) >= 11 is 6.06. The van der Waals surface area contributed by atoms with Crippen molar-refractivity contribution >= 4 is 40.5 Å². The third-order valence-electron chi connectivity index (χ3n) is 4.57. The normalized spacial score (nSPS) is 10.3. The number of nitrogens with zero attached hydrogens (tertiary/aromatic N) is 1. The number of methoxy groups -OCH3 is 1. The van der Waals surface area contributed by atoms with E-state index in [0.29, 0.717) is 27.7 Å². The molecule has 0 aliphatic rings. The summed E-state index contributed by atoms with van der Waals surface area (Å²) in [5.41, 5.74) is 1.40. The van der Waals surface area contributed by atoms with E-state index in [4.69, 9.17) is 16.3 Å². The van der Waals surface area contributed by atoms with Crippen LogP contribution in [0.2, 0.25) is 5.02 Å². The predicted octanol–water partition coefficient (Wildman–Crippen LogP) is 5.07. The van der Waals surface area contributed by atoms with Crippen LogP contribution in [0.4, 0.5) is 17.1 Å². The Balaban J connectivity index is 1.81. The molecule has 0 bridgehead atoms. The highest BCUT2D eigenvalue weighted by atomic mass is 35.5. The highest BCUT2D eigenvalue weighted by Gasteiger charge is 2.19. The first-order valence-electron chi connectivity index (χ1n) is 9.11. The number of anilines is 2. The zero-order chi connectivity index (χ0) is 22.5. The Labute approximate surface area is 182 Å². The monoisotopic (exact) mass is 439 g/mol. The maximum absolute atomic E-state index is 12.6. The van der Waals surface area contributed by atoms with E-state index in [9.17, 15) is 19.7 Å². The number of carbonyl (C=O) groups is 2. The lowest BCUT2D eigenvalue weighted by molar-refractivity contribution is -0.385. The molecule has 0 atom stereocenters. The molecule has 158 valence electrons. The van der Waals surface area contributed by atoms with Crippen LogP contribution in [0.1, 0.15) is 26.3 Å². The molecule has 0 unspecified atom stereocenters. The number of benzene rings is 3. The standard InChI is InChI=1S/C22H18ClN3O5/c1-13-15(7-5-9-19(13)26(29)30)21(27)24-14-10-11-18(20(12-14)31-2)25-22(28)16-6-3-4-8-17(16)23/h3-12H,1-2H3,(H,24,27)(H,25,28). The molecule has 0 saturated heterocycles. The second kappa shape index (κ2) is 9.27. The first-order valence-corrected chi connectivity index (χ1v) is 9.49. The lowest BCUT2D eigenvalue weighted by Crippen LogP contribution is -2.15. The van der Waals surface area contributed by atoms with Crippen molar-refractivity contribution < 1.29 is 19.2 Å². The Kier molecular flexibility index (Phi) is 6.52. The van der Waals surface area contributed by atoms with E-state index in [0.717, 1.165) is 0 Å². The van der Waals surface area contributed by atoms with E-state index in [1.165, 1.54) is 38.3 Å².